The molecule has 0 spiro atoms. The summed E-state index contributed by atoms with van der Waals surface area (Å²) < 4.78 is 16.1. The summed E-state index contributed by atoms with van der Waals surface area (Å²) in [5.41, 5.74) is 3.57. The second-order valence-corrected chi connectivity index (χ2v) is 6.07. The monoisotopic (exact) mass is 348 g/mol. The molecule has 1 aliphatic rings. The van der Waals surface area contributed by atoms with E-state index in [-0.39, 0.29) is 19.0 Å². The third-order valence-corrected chi connectivity index (χ3v) is 4.26. The van der Waals surface area contributed by atoms with Gasteiger partial charge in [0.2, 0.25) is 0 Å². The van der Waals surface area contributed by atoms with Gasteiger partial charge in [-0.1, -0.05) is 11.6 Å². The molecule has 0 saturated heterocycles. The van der Waals surface area contributed by atoms with Gasteiger partial charge in [0.1, 0.15) is 17.9 Å². The van der Waals surface area contributed by atoms with E-state index in [9.17, 15) is 9.59 Å². The second kappa shape index (κ2) is 8.16. The van der Waals surface area contributed by atoms with Crippen molar-refractivity contribution in [3.05, 3.63) is 33.9 Å². The molecule has 0 fully saturated rings. The number of fused-ring (bicyclic) bond motifs is 1. The van der Waals surface area contributed by atoms with E-state index in [2.05, 4.69) is 0 Å². The zero-order valence-electron chi connectivity index (χ0n) is 15.1. The number of aliphatic hydroxyl groups excluding tert-OH is 1. The molecule has 0 atom stereocenters. The Balaban J connectivity index is 2.55. The van der Waals surface area contributed by atoms with Crippen molar-refractivity contribution in [1.82, 2.24) is 0 Å². The fourth-order valence-electron chi connectivity index (χ4n) is 3.00. The van der Waals surface area contributed by atoms with Crippen LogP contribution < -0.4 is 9.47 Å². The number of hydrogen-bond donors (Lipinski definition) is 1. The van der Waals surface area contributed by atoms with Crippen LogP contribution in [-0.4, -0.2) is 30.8 Å². The number of esters is 2. The maximum absolute atomic E-state index is 12.2. The zero-order valence-corrected chi connectivity index (χ0v) is 15.1. The van der Waals surface area contributed by atoms with Crippen molar-refractivity contribution in [2.24, 2.45) is 0 Å². The Labute approximate surface area is 147 Å². The molecule has 136 valence electrons. The van der Waals surface area contributed by atoms with Crippen LogP contribution in [0.3, 0.4) is 0 Å². The Morgan fingerprint density at radius 1 is 1.32 bits per heavy atom. The number of methoxy groups -OCH3 is 1. The van der Waals surface area contributed by atoms with Gasteiger partial charge in [0.05, 0.1) is 7.11 Å². The Kier molecular flexibility index (Phi) is 6.20. The molecule has 0 bridgehead atoms. The SMILES string of the molecule is COc1c(C)c2c(c(OC(C)=O)c1C/C=C(\C)CCCO)C(=O)OC2. The van der Waals surface area contributed by atoms with Gasteiger partial charge in [-0.25, -0.2) is 4.79 Å². The third kappa shape index (κ3) is 4.02. The molecule has 2 rings (SSSR count). The number of allylic oxidation sites excluding steroid dienone is 2. The second-order valence-electron chi connectivity index (χ2n) is 6.07. The number of carbonyl (C=O) groups excluding carboxylic acids is 2. The average molecular weight is 348 g/mol. The van der Waals surface area contributed by atoms with Crippen molar-refractivity contribution in [3.8, 4) is 11.5 Å². The van der Waals surface area contributed by atoms with E-state index >= 15 is 0 Å². The van der Waals surface area contributed by atoms with Gasteiger partial charge in [-0.3, -0.25) is 4.79 Å². The van der Waals surface area contributed by atoms with Gasteiger partial charge in [-0.2, -0.15) is 0 Å². The average Bonchev–Trinajstić information content (AvgIpc) is 2.95. The van der Waals surface area contributed by atoms with Crippen molar-refractivity contribution in [2.45, 2.75) is 46.6 Å². The topological polar surface area (TPSA) is 82.1 Å². The van der Waals surface area contributed by atoms with Gasteiger partial charge >= 0.3 is 11.9 Å². The van der Waals surface area contributed by atoms with E-state index in [0.717, 1.165) is 17.6 Å². The zero-order chi connectivity index (χ0) is 18.6. The minimum atomic E-state index is -0.505. The molecular formula is C19H24O6. The number of carbonyl (C=O) groups is 2. The number of benzene rings is 1. The Morgan fingerprint density at radius 2 is 2.04 bits per heavy atom. The fraction of sp³-hybridized carbons (Fsp3) is 0.474. The number of aliphatic hydroxyl groups is 1. The van der Waals surface area contributed by atoms with Crippen LogP contribution in [0.2, 0.25) is 0 Å². The predicted octanol–water partition coefficient (Wildman–Crippen LogP) is 2.86. The lowest BCUT2D eigenvalue weighted by Gasteiger charge is -2.18. The van der Waals surface area contributed by atoms with Crippen LogP contribution in [-0.2, 0) is 22.6 Å². The molecule has 0 amide bonds. The summed E-state index contributed by atoms with van der Waals surface area (Å²) in [6.45, 7) is 5.42. The highest BCUT2D eigenvalue weighted by atomic mass is 16.6. The minimum Gasteiger partial charge on any atom is -0.496 e. The molecular weight excluding hydrogens is 324 g/mol. The van der Waals surface area contributed by atoms with E-state index in [1.165, 1.54) is 6.92 Å². The number of hydrogen-bond acceptors (Lipinski definition) is 6. The van der Waals surface area contributed by atoms with Crippen molar-refractivity contribution in [2.75, 3.05) is 13.7 Å². The first-order valence-electron chi connectivity index (χ1n) is 8.25. The summed E-state index contributed by atoms with van der Waals surface area (Å²) in [7, 11) is 1.55. The largest absolute Gasteiger partial charge is 0.496 e. The van der Waals surface area contributed by atoms with Gasteiger partial charge in [-0.05, 0) is 38.7 Å². The molecule has 0 aliphatic carbocycles. The van der Waals surface area contributed by atoms with E-state index in [0.29, 0.717) is 35.3 Å². The Morgan fingerprint density at radius 3 is 2.64 bits per heavy atom. The summed E-state index contributed by atoms with van der Waals surface area (Å²) in [5.74, 6) is -0.174. The lowest BCUT2D eigenvalue weighted by molar-refractivity contribution is -0.131. The molecule has 1 aromatic rings. The summed E-state index contributed by atoms with van der Waals surface area (Å²) in [4.78, 5) is 23.7. The van der Waals surface area contributed by atoms with E-state index in [1.54, 1.807) is 7.11 Å². The number of rotatable bonds is 7. The molecule has 25 heavy (non-hydrogen) atoms. The lowest BCUT2D eigenvalue weighted by atomic mass is 9.94. The molecule has 1 aromatic carbocycles. The van der Waals surface area contributed by atoms with Gasteiger partial charge < -0.3 is 19.3 Å². The maximum atomic E-state index is 12.2. The van der Waals surface area contributed by atoms with Crippen LogP contribution in [0.25, 0.3) is 0 Å². The predicted molar refractivity (Wildman–Crippen MR) is 91.9 cm³/mol. The smallest absolute Gasteiger partial charge is 0.342 e. The summed E-state index contributed by atoms with van der Waals surface area (Å²) >= 11 is 0. The van der Waals surface area contributed by atoms with Crippen LogP contribution in [0.4, 0.5) is 0 Å². The highest BCUT2D eigenvalue weighted by Crippen LogP contribution is 2.42. The first-order chi connectivity index (χ1) is 11.9. The molecule has 1 N–H and O–H groups in total. The molecule has 0 unspecified atom stereocenters. The van der Waals surface area contributed by atoms with Crippen LogP contribution in [0.15, 0.2) is 11.6 Å². The molecule has 6 heteroatoms. The third-order valence-electron chi connectivity index (χ3n) is 4.26. The number of cyclic esters (lactones) is 1. The van der Waals surface area contributed by atoms with Crippen molar-refractivity contribution in [1.29, 1.82) is 0 Å². The molecule has 6 nitrogen and oxygen atoms in total. The van der Waals surface area contributed by atoms with E-state index < -0.39 is 11.9 Å². The van der Waals surface area contributed by atoms with Crippen molar-refractivity contribution < 1.29 is 28.9 Å². The van der Waals surface area contributed by atoms with Gasteiger partial charge in [0.25, 0.3) is 0 Å². The molecule has 1 aliphatic heterocycles. The van der Waals surface area contributed by atoms with E-state index in [4.69, 9.17) is 19.3 Å². The van der Waals surface area contributed by atoms with Gasteiger partial charge in [-0.15, -0.1) is 0 Å². The minimum absolute atomic E-state index is 0.136. The van der Waals surface area contributed by atoms with E-state index in [1.807, 2.05) is 19.9 Å². The fourth-order valence-corrected chi connectivity index (χ4v) is 3.00. The molecule has 0 saturated carbocycles. The lowest BCUT2D eigenvalue weighted by Crippen LogP contribution is -2.11. The summed E-state index contributed by atoms with van der Waals surface area (Å²) in [6.07, 6.45) is 3.90. The highest BCUT2D eigenvalue weighted by molar-refractivity contribution is 5.99. The van der Waals surface area contributed by atoms with Crippen molar-refractivity contribution >= 4 is 11.9 Å². The molecule has 0 radical (unpaired) electrons. The summed E-state index contributed by atoms with van der Waals surface area (Å²) in [6, 6.07) is 0. The number of ether oxygens (including phenoxy) is 3. The molecule has 1 heterocycles. The van der Waals surface area contributed by atoms with Gasteiger partial charge in [0, 0.05) is 24.7 Å². The summed E-state index contributed by atoms with van der Waals surface area (Å²) in [5, 5.41) is 8.94. The van der Waals surface area contributed by atoms with Crippen LogP contribution in [0.5, 0.6) is 11.5 Å². The van der Waals surface area contributed by atoms with Gasteiger partial charge in [0.15, 0.2) is 5.75 Å². The first-order valence-corrected chi connectivity index (χ1v) is 8.25. The van der Waals surface area contributed by atoms with Crippen molar-refractivity contribution in [3.63, 3.8) is 0 Å². The van der Waals surface area contributed by atoms with Crippen LogP contribution >= 0.6 is 0 Å². The maximum Gasteiger partial charge on any atom is 0.342 e. The highest BCUT2D eigenvalue weighted by Gasteiger charge is 2.33. The standard InChI is InChI=1S/C19H24O6/c1-11(6-5-9-20)7-8-14-17(23-4)12(2)15-10-24-19(22)16(15)18(14)25-13(3)21/h7,20H,5-6,8-10H2,1-4H3/b11-7+. The van der Waals surface area contributed by atoms with Crippen LogP contribution in [0, 0.1) is 6.92 Å². The quantitative estimate of drug-likeness (QED) is 0.463. The Bertz CT molecular complexity index is 717. The Hall–Kier alpha value is -2.34. The molecule has 0 aromatic heterocycles. The first kappa shape index (κ1) is 19.0. The normalized spacial score (nSPS) is 13.5. The van der Waals surface area contributed by atoms with Crippen LogP contribution in [0.1, 0.15) is 53.7 Å².